The first-order valence-electron chi connectivity index (χ1n) is 5.21. The molecule has 0 unspecified atom stereocenters. The summed E-state index contributed by atoms with van der Waals surface area (Å²) >= 11 is 5.74. The van der Waals surface area contributed by atoms with E-state index in [9.17, 15) is 8.42 Å². The number of aromatic nitrogens is 1. The molecule has 18 heavy (non-hydrogen) atoms. The standard InChI is InChI=1S/C12H11ClN2O2S/c13-11-6-4-10(5-7-11)9-18(16,17)15-12-3-1-2-8-14-12/h1-8H,9H2,(H,14,15). The molecular formula is C12H11ClN2O2S. The zero-order valence-electron chi connectivity index (χ0n) is 9.38. The van der Waals surface area contributed by atoms with Crippen molar-refractivity contribution < 1.29 is 8.42 Å². The van der Waals surface area contributed by atoms with Crippen LogP contribution in [0.1, 0.15) is 5.56 Å². The Bertz CT molecular complexity index is 612. The van der Waals surface area contributed by atoms with E-state index in [0.717, 1.165) is 0 Å². The minimum atomic E-state index is -3.46. The first-order valence-corrected chi connectivity index (χ1v) is 7.24. The average molecular weight is 283 g/mol. The second-order valence-electron chi connectivity index (χ2n) is 3.70. The summed E-state index contributed by atoms with van der Waals surface area (Å²) in [4.78, 5) is 3.91. The number of benzene rings is 1. The van der Waals surface area contributed by atoms with Crippen molar-refractivity contribution in [3.8, 4) is 0 Å². The van der Waals surface area contributed by atoms with Crippen LogP contribution in [0, 0.1) is 0 Å². The van der Waals surface area contributed by atoms with Crippen molar-refractivity contribution >= 4 is 27.4 Å². The lowest BCUT2D eigenvalue weighted by Crippen LogP contribution is -2.15. The van der Waals surface area contributed by atoms with Crippen molar-refractivity contribution in [1.82, 2.24) is 4.98 Å². The number of halogens is 1. The highest BCUT2D eigenvalue weighted by atomic mass is 35.5. The molecule has 0 saturated heterocycles. The van der Waals surface area contributed by atoms with Gasteiger partial charge in [-0.2, -0.15) is 0 Å². The van der Waals surface area contributed by atoms with Gasteiger partial charge in [-0.3, -0.25) is 4.72 Å². The molecule has 1 aromatic carbocycles. The molecule has 94 valence electrons. The van der Waals surface area contributed by atoms with Crippen LogP contribution < -0.4 is 4.72 Å². The quantitative estimate of drug-likeness (QED) is 0.938. The summed E-state index contributed by atoms with van der Waals surface area (Å²) in [6.07, 6.45) is 1.53. The maximum atomic E-state index is 11.9. The monoisotopic (exact) mass is 282 g/mol. The molecule has 0 saturated carbocycles. The predicted octanol–water partition coefficient (Wildman–Crippen LogP) is 2.68. The van der Waals surface area contributed by atoms with Gasteiger partial charge in [-0.15, -0.1) is 0 Å². The number of pyridine rings is 1. The van der Waals surface area contributed by atoms with E-state index in [2.05, 4.69) is 9.71 Å². The van der Waals surface area contributed by atoms with Crippen molar-refractivity contribution in [3.05, 3.63) is 59.2 Å². The van der Waals surface area contributed by atoms with E-state index in [1.165, 1.54) is 6.20 Å². The van der Waals surface area contributed by atoms with Crippen molar-refractivity contribution in [2.45, 2.75) is 5.75 Å². The third kappa shape index (κ3) is 3.72. The van der Waals surface area contributed by atoms with Gasteiger partial charge < -0.3 is 0 Å². The Labute approximate surface area is 111 Å². The number of nitrogens with one attached hydrogen (secondary N) is 1. The zero-order valence-corrected chi connectivity index (χ0v) is 10.9. The maximum Gasteiger partial charge on any atom is 0.238 e. The first-order chi connectivity index (χ1) is 8.55. The molecule has 0 aliphatic carbocycles. The van der Waals surface area contributed by atoms with Gasteiger partial charge in [0.25, 0.3) is 0 Å². The number of rotatable bonds is 4. The van der Waals surface area contributed by atoms with Crippen LogP contribution in [0.15, 0.2) is 48.7 Å². The van der Waals surface area contributed by atoms with Gasteiger partial charge >= 0.3 is 0 Å². The summed E-state index contributed by atoms with van der Waals surface area (Å²) in [5.41, 5.74) is 0.669. The third-order valence-electron chi connectivity index (χ3n) is 2.19. The summed E-state index contributed by atoms with van der Waals surface area (Å²) in [6, 6.07) is 11.7. The van der Waals surface area contributed by atoms with E-state index in [1.807, 2.05) is 0 Å². The lowest BCUT2D eigenvalue weighted by molar-refractivity contribution is 0.600. The van der Waals surface area contributed by atoms with Crippen molar-refractivity contribution in [1.29, 1.82) is 0 Å². The van der Waals surface area contributed by atoms with E-state index in [-0.39, 0.29) is 5.75 Å². The first kappa shape index (κ1) is 12.9. The maximum absolute atomic E-state index is 11.9. The van der Waals surface area contributed by atoms with Gasteiger partial charge in [-0.1, -0.05) is 29.8 Å². The Morgan fingerprint density at radius 1 is 1.11 bits per heavy atom. The van der Waals surface area contributed by atoms with Gasteiger partial charge in [0.15, 0.2) is 0 Å². The van der Waals surface area contributed by atoms with Gasteiger partial charge in [-0.25, -0.2) is 13.4 Å². The van der Waals surface area contributed by atoms with Crippen LogP contribution in [0.2, 0.25) is 5.02 Å². The Morgan fingerprint density at radius 2 is 1.83 bits per heavy atom. The van der Waals surface area contributed by atoms with E-state index in [4.69, 9.17) is 11.6 Å². The highest BCUT2D eigenvalue weighted by molar-refractivity contribution is 7.91. The molecule has 6 heteroatoms. The summed E-state index contributed by atoms with van der Waals surface area (Å²) in [6.45, 7) is 0. The summed E-state index contributed by atoms with van der Waals surface area (Å²) in [5.74, 6) is 0.201. The molecular weight excluding hydrogens is 272 g/mol. The van der Waals surface area contributed by atoms with Gasteiger partial charge in [-0.05, 0) is 29.8 Å². The van der Waals surface area contributed by atoms with Crippen LogP contribution in [0.3, 0.4) is 0 Å². The molecule has 2 aromatic rings. The highest BCUT2D eigenvalue weighted by Gasteiger charge is 2.11. The Balaban J connectivity index is 2.10. The van der Waals surface area contributed by atoms with Crippen molar-refractivity contribution in [3.63, 3.8) is 0 Å². The molecule has 1 heterocycles. The van der Waals surface area contributed by atoms with Crippen molar-refractivity contribution in [2.24, 2.45) is 0 Å². The second-order valence-corrected chi connectivity index (χ2v) is 5.86. The minimum absolute atomic E-state index is 0.110. The molecule has 0 fully saturated rings. The van der Waals surface area contributed by atoms with E-state index >= 15 is 0 Å². The number of hydrogen-bond acceptors (Lipinski definition) is 3. The topological polar surface area (TPSA) is 59.1 Å². The number of anilines is 1. The number of sulfonamides is 1. The van der Waals surface area contributed by atoms with Gasteiger partial charge in [0.2, 0.25) is 10.0 Å². The summed E-state index contributed by atoms with van der Waals surface area (Å²) in [7, 11) is -3.46. The summed E-state index contributed by atoms with van der Waals surface area (Å²) in [5, 5.41) is 0.578. The fourth-order valence-electron chi connectivity index (χ4n) is 1.42. The molecule has 2 rings (SSSR count). The lowest BCUT2D eigenvalue weighted by atomic mass is 10.2. The molecule has 0 aliphatic rings. The van der Waals surface area contributed by atoms with E-state index < -0.39 is 10.0 Å². The van der Waals surface area contributed by atoms with Crippen LogP contribution in [0.4, 0.5) is 5.82 Å². The van der Waals surface area contributed by atoms with Crippen LogP contribution in [0.5, 0.6) is 0 Å². The van der Waals surface area contributed by atoms with Gasteiger partial charge in [0.05, 0.1) is 5.75 Å². The van der Waals surface area contributed by atoms with Crippen LogP contribution >= 0.6 is 11.6 Å². The Morgan fingerprint density at radius 3 is 2.44 bits per heavy atom. The Hall–Kier alpha value is -1.59. The van der Waals surface area contributed by atoms with Crippen LogP contribution in [-0.2, 0) is 15.8 Å². The summed E-state index contributed by atoms with van der Waals surface area (Å²) < 4.78 is 26.1. The molecule has 0 aliphatic heterocycles. The molecule has 1 aromatic heterocycles. The van der Waals surface area contributed by atoms with Gasteiger partial charge in [0, 0.05) is 11.2 Å². The second kappa shape index (κ2) is 5.37. The largest absolute Gasteiger partial charge is 0.267 e. The molecule has 0 radical (unpaired) electrons. The molecule has 1 N–H and O–H groups in total. The molecule has 0 spiro atoms. The molecule has 4 nitrogen and oxygen atoms in total. The Kier molecular flexibility index (Phi) is 3.84. The molecule has 0 bridgehead atoms. The third-order valence-corrected chi connectivity index (χ3v) is 3.68. The number of nitrogens with zero attached hydrogens (tertiary/aromatic N) is 1. The lowest BCUT2D eigenvalue weighted by Gasteiger charge is -2.07. The average Bonchev–Trinajstić information content (AvgIpc) is 2.32. The fraction of sp³-hybridized carbons (Fsp3) is 0.0833. The smallest absolute Gasteiger partial charge is 0.238 e. The van der Waals surface area contributed by atoms with E-state index in [0.29, 0.717) is 16.4 Å². The highest BCUT2D eigenvalue weighted by Crippen LogP contribution is 2.13. The van der Waals surface area contributed by atoms with Crippen LogP contribution in [-0.4, -0.2) is 13.4 Å². The SMILES string of the molecule is O=S(=O)(Cc1ccc(Cl)cc1)Nc1ccccn1. The normalized spacial score (nSPS) is 11.2. The minimum Gasteiger partial charge on any atom is -0.267 e. The van der Waals surface area contributed by atoms with Crippen molar-refractivity contribution in [2.75, 3.05) is 4.72 Å². The van der Waals surface area contributed by atoms with E-state index in [1.54, 1.807) is 42.5 Å². The number of hydrogen-bond donors (Lipinski definition) is 1. The molecule has 0 amide bonds. The molecule has 0 atom stereocenters. The predicted molar refractivity (Wildman–Crippen MR) is 71.9 cm³/mol. The van der Waals surface area contributed by atoms with Crippen LogP contribution in [0.25, 0.3) is 0 Å². The fourth-order valence-corrected chi connectivity index (χ4v) is 2.69. The van der Waals surface area contributed by atoms with Gasteiger partial charge in [0.1, 0.15) is 5.82 Å². The zero-order chi connectivity index (χ0) is 13.0.